The molecule has 2 fully saturated rings. The Morgan fingerprint density at radius 2 is 1.75 bits per heavy atom. The van der Waals surface area contributed by atoms with Gasteiger partial charge in [0.1, 0.15) is 0 Å². The molecule has 0 aliphatic carbocycles. The number of carbonyl (C=O) groups excluding carboxylic acids is 1. The molecule has 2 aliphatic rings. The molecular weight excluding hydrogens is 408 g/mol. The number of nitrogens with zero attached hydrogens (tertiary/aromatic N) is 1. The lowest BCUT2D eigenvalue weighted by atomic mass is 9.89. The Morgan fingerprint density at radius 3 is 2.32 bits per heavy atom. The van der Waals surface area contributed by atoms with Gasteiger partial charge in [-0.15, -0.1) is 12.4 Å². The highest BCUT2D eigenvalue weighted by Crippen LogP contribution is 2.32. The molecule has 0 aromatic heterocycles. The second-order valence-corrected chi connectivity index (χ2v) is 8.95. The fraction of sp³-hybridized carbons (Fsp3) is 0.588. The summed E-state index contributed by atoms with van der Waals surface area (Å²) in [6.45, 7) is 0.255. The van der Waals surface area contributed by atoms with Crippen LogP contribution < -0.4 is 15.4 Å². The first kappa shape index (κ1) is 22.5. The first-order valence-electron chi connectivity index (χ1n) is 9.10. The van der Waals surface area contributed by atoms with Gasteiger partial charge in [0.2, 0.25) is 15.9 Å². The maximum atomic E-state index is 12.2. The smallest absolute Gasteiger partial charge is 0.269 e. The number of piperidine rings is 1. The molecule has 11 heteroatoms. The van der Waals surface area contributed by atoms with Gasteiger partial charge in [-0.25, -0.2) is 13.1 Å². The van der Waals surface area contributed by atoms with Crippen LogP contribution >= 0.6 is 12.4 Å². The summed E-state index contributed by atoms with van der Waals surface area (Å²) >= 11 is 0. The monoisotopic (exact) mass is 432 g/mol. The number of benzene rings is 1. The van der Waals surface area contributed by atoms with Gasteiger partial charge in [-0.3, -0.25) is 14.9 Å². The van der Waals surface area contributed by atoms with Gasteiger partial charge in [-0.1, -0.05) is 0 Å². The van der Waals surface area contributed by atoms with E-state index >= 15 is 0 Å². The van der Waals surface area contributed by atoms with Crippen molar-refractivity contribution < 1.29 is 18.1 Å². The molecule has 28 heavy (non-hydrogen) atoms. The van der Waals surface area contributed by atoms with Crippen LogP contribution in [-0.4, -0.2) is 44.4 Å². The predicted octanol–water partition coefficient (Wildman–Crippen LogP) is 1.33. The van der Waals surface area contributed by atoms with Crippen LogP contribution in [0.5, 0.6) is 0 Å². The van der Waals surface area contributed by atoms with Gasteiger partial charge >= 0.3 is 0 Å². The molecule has 2 bridgehead atoms. The average molecular weight is 433 g/mol. The van der Waals surface area contributed by atoms with E-state index < -0.39 is 14.9 Å². The van der Waals surface area contributed by atoms with Crippen LogP contribution in [0.2, 0.25) is 0 Å². The fourth-order valence-corrected chi connectivity index (χ4v) is 4.93. The summed E-state index contributed by atoms with van der Waals surface area (Å²) < 4.78 is 26.7. The van der Waals surface area contributed by atoms with Crippen molar-refractivity contribution in [3.05, 3.63) is 34.4 Å². The summed E-state index contributed by atoms with van der Waals surface area (Å²) in [5.74, 6) is 0.330. The van der Waals surface area contributed by atoms with E-state index in [1.165, 1.54) is 25.0 Å². The van der Waals surface area contributed by atoms with Crippen molar-refractivity contribution in [3.63, 3.8) is 0 Å². The summed E-state index contributed by atoms with van der Waals surface area (Å²) in [4.78, 5) is 22.0. The number of carbonyl (C=O) groups is 1. The van der Waals surface area contributed by atoms with Crippen molar-refractivity contribution in [1.82, 2.24) is 15.4 Å². The van der Waals surface area contributed by atoms with Gasteiger partial charge in [-0.05, 0) is 43.7 Å². The topological polar surface area (TPSA) is 130 Å². The molecule has 0 saturated carbocycles. The number of nitro benzene ring substituents is 1. The number of halogens is 1. The molecule has 2 heterocycles. The number of non-ortho nitro benzene ring substituents is 1. The number of sulfonamides is 1. The predicted molar refractivity (Wildman–Crippen MR) is 106 cm³/mol. The van der Waals surface area contributed by atoms with Crippen LogP contribution in [0, 0.1) is 16.0 Å². The Kier molecular flexibility index (Phi) is 7.76. The molecule has 9 nitrogen and oxygen atoms in total. The van der Waals surface area contributed by atoms with Gasteiger partial charge in [0, 0.05) is 43.7 Å². The van der Waals surface area contributed by atoms with Crippen LogP contribution in [0.1, 0.15) is 32.1 Å². The molecule has 2 aliphatic heterocycles. The summed E-state index contributed by atoms with van der Waals surface area (Å²) in [5, 5.41) is 16.9. The number of hydrogen-bond donors (Lipinski definition) is 3. The minimum Gasteiger partial charge on any atom is -0.355 e. The first-order valence-corrected chi connectivity index (χ1v) is 10.6. The number of nitro groups is 1. The van der Waals surface area contributed by atoms with E-state index in [9.17, 15) is 23.3 Å². The molecule has 156 valence electrons. The SMILES string of the molecule is Cl.O=C(CC1CC2CCC(C1)N2)NCCNS(=O)(=O)c1ccc([N+](=O)[O-])cc1. The lowest BCUT2D eigenvalue weighted by Gasteiger charge is -2.28. The minimum atomic E-state index is -3.77. The van der Waals surface area contributed by atoms with Crippen LogP contribution in [-0.2, 0) is 14.8 Å². The summed E-state index contributed by atoms with van der Waals surface area (Å²) in [6.07, 6.45) is 4.90. The van der Waals surface area contributed by atoms with Gasteiger partial charge in [0.15, 0.2) is 0 Å². The summed E-state index contributed by atoms with van der Waals surface area (Å²) in [5.41, 5.74) is -0.174. The third-order valence-electron chi connectivity index (χ3n) is 5.14. The van der Waals surface area contributed by atoms with E-state index in [4.69, 9.17) is 0 Å². The van der Waals surface area contributed by atoms with Gasteiger partial charge in [-0.2, -0.15) is 0 Å². The Balaban J connectivity index is 0.00000280. The molecule has 2 saturated heterocycles. The van der Waals surface area contributed by atoms with Crippen molar-refractivity contribution in [2.75, 3.05) is 13.1 Å². The quantitative estimate of drug-likeness (QED) is 0.322. The van der Waals surface area contributed by atoms with E-state index in [1.54, 1.807) is 0 Å². The molecule has 2 atom stereocenters. The zero-order valence-corrected chi connectivity index (χ0v) is 16.9. The standard InChI is InChI=1S/C17H24N4O5S.ClH/c22-17(11-12-9-13-1-2-14(10-12)20-13)18-7-8-19-27(25,26)16-5-3-15(4-6-16)21(23)24;/h3-6,12-14,19-20H,1-2,7-11H2,(H,18,22);1H. The second kappa shape index (κ2) is 9.64. The van der Waals surface area contributed by atoms with Crippen LogP contribution in [0.3, 0.4) is 0 Å². The average Bonchev–Trinajstić information content (AvgIpc) is 2.97. The Labute approximate surface area is 170 Å². The molecule has 0 radical (unpaired) electrons. The first-order chi connectivity index (χ1) is 12.8. The third kappa shape index (κ3) is 5.87. The molecule has 1 aromatic rings. The highest BCUT2D eigenvalue weighted by molar-refractivity contribution is 7.89. The number of fused-ring (bicyclic) bond motifs is 2. The number of hydrogen-bond acceptors (Lipinski definition) is 6. The highest BCUT2D eigenvalue weighted by Gasteiger charge is 2.34. The van der Waals surface area contributed by atoms with E-state index in [0.29, 0.717) is 24.4 Å². The maximum absolute atomic E-state index is 12.2. The van der Waals surface area contributed by atoms with Crippen molar-refractivity contribution in [2.24, 2.45) is 5.92 Å². The Bertz CT molecular complexity index is 790. The Hall–Kier alpha value is -1.75. The minimum absolute atomic E-state index is 0. The van der Waals surface area contributed by atoms with E-state index in [1.807, 2.05) is 0 Å². The summed E-state index contributed by atoms with van der Waals surface area (Å²) in [6, 6.07) is 5.73. The molecule has 3 N–H and O–H groups in total. The van der Waals surface area contributed by atoms with Crippen LogP contribution in [0.25, 0.3) is 0 Å². The van der Waals surface area contributed by atoms with Crippen molar-refractivity contribution in [2.45, 2.75) is 49.1 Å². The fourth-order valence-electron chi connectivity index (χ4n) is 3.89. The largest absolute Gasteiger partial charge is 0.355 e. The lowest BCUT2D eigenvalue weighted by molar-refractivity contribution is -0.384. The summed E-state index contributed by atoms with van der Waals surface area (Å²) in [7, 11) is -3.77. The normalized spacial score (nSPS) is 23.6. The maximum Gasteiger partial charge on any atom is 0.269 e. The zero-order chi connectivity index (χ0) is 19.4. The number of rotatable bonds is 8. The Morgan fingerprint density at radius 1 is 1.14 bits per heavy atom. The second-order valence-electron chi connectivity index (χ2n) is 7.18. The van der Waals surface area contributed by atoms with E-state index in [2.05, 4.69) is 15.4 Å². The van der Waals surface area contributed by atoms with Gasteiger partial charge in [0.25, 0.3) is 5.69 Å². The van der Waals surface area contributed by atoms with Crippen molar-refractivity contribution >= 4 is 34.0 Å². The number of nitrogens with one attached hydrogen (secondary N) is 3. The van der Waals surface area contributed by atoms with Crippen LogP contribution in [0.4, 0.5) is 5.69 Å². The molecular formula is C17H25ClN4O5S. The third-order valence-corrected chi connectivity index (χ3v) is 6.62. The molecule has 0 spiro atoms. The van der Waals surface area contributed by atoms with Crippen LogP contribution in [0.15, 0.2) is 29.2 Å². The zero-order valence-electron chi connectivity index (χ0n) is 15.3. The van der Waals surface area contributed by atoms with E-state index in [-0.39, 0.29) is 42.0 Å². The lowest BCUT2D eigenvalue weighted by Crippen LogP contribution is -2.40. The van der Waals surface area contributed by atoms with Gasteiger partial charge < -0.3 is 10.6 Å². The highest BCUT2D eigenvalue weighted by atomic mass is 35.5. The van der Waals surface area contributed by atoms with Crippen molar-refractivity contribution in [1.29, 1.82) is 0 Å². The van der Waals surface area contributed by atoms with Gasteiger partial charge in [0.05, 0.1) is 9.82 Å². The van der Waals surface area contributed by atoms with E-state index in [0.717, 1.165) is 25.0 Å². The molecule has 2 unspecified atom stereocenters. The van der Waals surface area contributed by atoms with Crippen molar-refractivity contribution in [3.8, 4) is 0 Å². The number of amides is 1. The molecule has 1 aromatic carbocycles. The molecule has 3 rings (SSSR count). The molecule has 1 amide bonds.